The molecule has 0 aromatic heterocycles. The number of ether oxygens (including phenoxy) is 2. The zero-order valence-corrected chi connectivity index (χ0v) is 11.3. The Bertz CT molecular complexity index is 605. The molecule has 2 aromatic rings. The van der Waals surface area contributed by atoms with Gasteiger partial charge in [-0.3, -0.25) is 0 Å². The highest BCUT2D eigenvalue weighted by Gasteiger charge is 2.11. The number of hydrogen-bond donors (Lipinski definition) is 1. The van der Waals surface area contributed by atoms with E-state index >= 15 is 0 Å². The number of nitrogens with one attached hydrogen (secondary N) is 1. The maximum absolute atomic E-state index is 13.5. The first-order valence-corrected chi connectivity index (χ1v) is 6.20. The topological polar surface area (TPSA) is 30.5 Å². The largest absolute Gasteiger partial charge is 0.493 e. The second kappa shape index (κ2) is 6.88. The van der Waals surface area contributed by atoms with Crippen LogP contribution in [0.3, 0.4) is 0 Å². The van der Waals surface area contributed by atoms with Crippen LogP contribution in [0.25, 0.3) is 0 Å². The van der Waals surface area contributed by atoms with E-state index in [0.29, 0.717) is 11.3 Å². The molecule has 21 heavy (non-hydrogen) atoms. The molecule has 0 bridgehead atoms. The highest BCUT2D eigenvalue weighted by Crippen LogP contribution is 2.31. The Kier molecular flexibility index (Phi) is 4.92. The van der Waals surface area contributed by atoms with E-state index in [1.165, 1.54) is 25.3 Å². The van der Waals surface area contributed by atoms with Crippen molar-refractivity contribution < 1.29 is 22.6 Å². The Morgan fingerprint density at radius 2 is 1.86 bits per heavy atom. The second-order valence-corrected chi connectivity index (χ2v) is 4.19. The molecule has 112 valence electrons. The minimum atomic E-state index is -2.94. The van der Waals surface area contributed by atoms with Crippen LogP contribution in [-0.2, 0) is 6.54 Å². The van der Waals surface area contributed by atoms with Crippen LogP contribution in [0.15, 0.2) is 42.5 Å². The van der Waals surface area contributed by atoms with Crippen molar-refractivity contribution in [3.8, 4) is 11.5 Å². The van der Waals surface area contributed by atoms with Crippen LogP contribution in [0.2, 0.25) is 0 Å². The SMILES string of the molecule is COc1ccc(NCc2ccccc2F)cc1OC(F)F. The Morgan fingerprint density at radius 3 is 2.52 bits per heavy atom. The number of anilines is 1. The summed E-state index contributed by atoms with van der Waals surface area (Å²) in [5, 5.41) is 2.95. The van der Waals surface area contributed by atoms with E-state index in [1.54, 1.807) is 24.3 Å². The van der Waals surface area contributed by atoms with E-state index in [-0.39, 0.29) is 23.9 Å². The molecule has 0 aliphatic heterocycles. The van der Waals surface area contributed by atoms with E-state index in [0.717, 1.165) is 0 Å². The molecule has 0 spiro atoms. The minimum Gasteiger partial charge on any atom is -0.493 e. The van der Waals surface area contributed by atoms with E-state index in [4.69, 9.17) is 4.74 Å². The average molecular weight is 297 g/mol. The predicted molar refractivity (Wildman–Crippen MR) is 73.4 cm³/mol. The summed E-state index contributed by atoms with van der Waals surface area (Å²) in [6.45, 7) is -2.71. The molecule has 2 rings (SSSR count). The van der Waals surface area contributed by atoms with Gasteiger partial charge in [0, 0.05) is 23.9 Å². The van der Waals surface area contributed by atoms with Gasteiger partial charge in [0.15, 0.2) is 11.5 Å². The van der Waals surface area contributed by atoms with Gasteiger partial charge in [0.2, 0.25) is 0 Å². The van der Waals surface area contributed by atoms with Crippen LogP contribution in [0.4, 0.5) is 18.9 Å². The smallest absolute Gasteiger partial charge is 0.387 e. The Hall–Kier alpha value is -2.37. The third kappa shape index (κ3) is 4.05. The molecule has 0 aliphatic carbocycles. The normalized spacial score (nSPS) is 10.5. The van der Waals surface area contributed by atoms with Gasteiger partial charge in [0.05, 0.1) is 7.11 Å². The lowest BCUT2D eigenvalue weighted by molar-refractivity contribution is -0.0511. The first kappa shape index (κ1) is 15.0. The molecule has 0 amide bonds. The summed E-state index contributed by atoms with van der Waals surface area (Å²) < 4.78 is 47.4. The van der Waals surface area contributed by atoms with Crippen molar-refractivity contribution in [2.75, 3.05) is 12.4 Å². The van der Waals surface area contributed by atoms with Gasteiger partial charge in [0.25, 0.3) is 0 Å². The number of halogens is 3. The predicted octanol–water partition coefficient (Wildman–Crippen LogP) is 4.05. The number of methoxy groups -OCH3 is 1. The van der Waals surface area contributed by atoms with E-state index < -0.39 is 6.61 Å². The molecule has 0 saturated heterocycles. The summed E-state index contributed by atoms with van der Waals surface area (Å²) in [4.78, 5) is 0. The van der Waals surface area contributed by atoms with Gasteiger partial charge in [-0.05, 0) is 18.2 Å². The molecule has 0 aliphatic rings. The molecule has 0 unspecified atom stereocenters. The number of hydrogen-bond acceptors (Lipinski definition) is 3. The Labute approximate surface area is 120 Å². The zero-order valence-electron chi connectivity index (χ0n) is 11.3. The standard InChI is InChI=1S/C15H14F3NO2/c1-20-13-7-6-11(8-14(13)21-15(17)18)19-9-10-4-2-3-5-12(10)16/h2-8,15,19H,9H2,1H3. The van der Waals surface area contributed by atoms with Gasteiger partial charge in [-0.1, -0.05) is 18.2 Å². The van der Waals surface area contributed by atoms with Crippen molar-refractivity contribution in [2.24, 2.45) is 0 Å². The summed E-state index contributed by atoms with van der Waals surface area (Å²) in [5.41, 5.74) is 0.999. The fourth-order valence-electron chi connectivity index (χ4n) is 1.81. The Morgan fingerprint density at radius 1 is 1.10 bits per heavy atom. The van der Waals surface area contributed by atoms with Gasteiger partial charge in [-0.15, -0.1) is 0 Å². The molecular weight excluding hydrogens is 283 g/mol. The van der Waals surface area contributed by atoms with Crippen LogP contribution in [0, 0.1) is 5.82 Å². The lowest BCUT2D eigenvalue weighted by Crippen LogP contribution is -2.05. The first-order valence-electron chi connectivity index (χ1n) is 6.20. The van der Waals surface area contributed by atoms with Gasteiger partial charge in [-0.25, -0.2) is 4.39 Å². The van der Waals surface area contributed by atoms with Crippen molar-refractivity contribution in [3.05, 3.63) is 53.8 Å². The zero-order chi connectivity index (χ0) is 15.2. The van der Waals surface area contributed by atoms with Crippen molar-refractivity contribution in [3.63, 3.8) is 0 Å². The van der Waals surface area contributed by atoms with Crippen LogP contribution in [0.1, 0.15) is 5.56 Å². The van der Waals surface area contributed by atoms with Gasteiger partial charge < -0.3 is 14.8 Å². The third-order valence-electron chi connectivity index (χ3n) is 2.82. The van der Waals surface area contributed by atoms with Gasteiger partial charge in [0.1, 0.15) is 5.82 Å². The maximum Gasteiger partial charge on any atom is 0.387 e. The maximum atomic E-state index is 13.5. The highest BCUT2D eigenvalue weighted by atomic mass is 19.3. The fraction of sp³-hybridized carbons (Fsp3) is 0.200. The van der Waals surface area contributed by atoms with Gasteiger partial charge >= 0.3 is 6.61 Å². The summed E-state index contributed by atoms with van der Waals surface area (Å²) in [6.07, 6.45) is 0. The molecule has 6 heteroatoms. The van der Waals surface area contributed by atoms with Crippen LogP contribution < -0.4 is 14.8 Å². The van der Waals surface area contributed by atoms with Crippen molar-refractivity contribution in [1.82, 2.24) is 0 Å². The monoisotopic (exact) mass is 297 g/mol. The Balaban J connectivity index is 2.12. The summed E-state index contributed by atoms with van der Waals surface area (Å²) >= 11 is 0. The van der Waals surface area contributed by atoms with Crippen LogP contribution in [0.5, 0.6) is 11.5 Å². The molecule has 3 nitrogen and oxygen atoms in total. The lowest BCUT2D eigenvalue weighted by Gasteiger charge is -2.13. The molecule has 2 aromatic carbocycles. The lowest BCUT2D eigenvalue weighted by atomic mass is 10.2. The van der Waals surface area contributed by atoms with Crippen molar-refractivity contribution >= 4 is 5.69 Å². The molecular formula is C15H14F3NO2. The third-order valence-corrected chi connectivity index (χ3v) is 2.82. The second-order valence-electron chi connectivity index (χ2n) is 4.19. The highest BCUT2D eigenvalue weighted by molar-refractivity contribution is 5.55. The van der Waals surface area contributed by atoms with Crippen molar-refractivity contribution in [1.29, 1.82) is 0 Å². The number of rotatable bonds is 6. The average Bonchev–Trinajstić information content (AvgIpc) is 2.46. The summed E-state index contributed by atoms with van der Waals surface area (Å²) in [6, 6.07) is 10.8. The summed E-state index contributed by atoms with van der Waals surface area (Å²) in [5.74, 6) is -0.208. The molecule has 1 N–H and O–H groups in total. The molecule has 0 atom stereocenters. The molecule has 0 heterocycles. The van der Waals surface area contributed by atoms with Crippen LogP contribution >= 0.6 is 0 Å². The van der Waals surface area contributed by atoms with Gasteiger partial charge in [-0.2, -0.15) is 8.78 Å². The van der Waals surface area contributed by atoms with Crippen LogP contribution in [-0.4, -0.2) is 13.7 Å². The van der Waals surface area contributed by atoms with E-state index in [1.807, 2.05) is 0 Å². The fourth-order valence-corrected chi connectivity index (χ4v) is 1.81. The molecule has 0 fully saturated rings. The van der Waals surface area contributed by atoms with Crippen molar-refractivity contribution in [2.45, 2.75) is 13.2 Å². The quantitative estimate of drug-likeness (QED) is 0.872. The first-order chi connectivity index (χ1) is 10.1. The van der Waals surface area contributed by atoms with E-state index in [9.17, 15) is 13.2 Å². The summed E-state index contributed by atoms with van der Waals surface area (Å²) in [7, 11) is 1.36. The number of benzene rings is 2. The number of alkyl halides is 2. The molecule has 0 radical (unpaired) electrons. The minimum absolute atomic E-state index is 0.0777. The molecule has 0 saturated carbocycles. The van der Waals surface area contributed by atoms with E-state index in [2.05, 4.69) is 10.1 Å².